The Kier molecular flexibility index (Phi) is 4.94. The van der Waals surface area contributed by atoms with Gasteiger partial charge in [-0.2, -0.15) is 0 Å². The van der Waals surface area contributed by atoms with Crippen LogP contribution in [0.15, 0.2) is 60.7 Å². The van der Waals surface area contributed by atoms with Crippen LogP contribution in [0.25, 0.3) is 0 Å². The van der Waals surface area contributed by atoms with E-state index in [1.54, 1.807) is 30.4 Å². The number of alkyl halides is 2. The summed E-state index contributed by atoms with van der Waals surface area (Å²) in [5.74, 6) is -3.00. The number of hydrogen-bond donors (Lipinski definition) is 0. The molecule has 22 heavy (non-hydrogen) atoms. The number of benzene rings is 1. The van der Waals surface area contributed by atoms with Crippen LogP contribution in [0.5, 0.6) is 0 Å². The zero-order valence-electron chi connectivity index (χ0n) is 12.8. The molecule has 1 saturated carbocycles. The van der Waals surface area contributed by atoms with Gasteiger partial charge in [0.05, 0.1) is 0 Å². The van der Waals surface area contributed by atoms with Crippen LogP contribution < -0.4 is 0 Å². The molecule has 0 aliphatic heterocycles. The summed E-state index contributed by atoms with van der Waals surface area (Å²) >= 11 is 0. The van der Waals surface area contributed by atoms with Crippen LogP contribution in [0, 0.1) is 5.82 Å². The first-order chi connectivity index (χ1) is 10.4. The maximum Gasteiger partial charge on any atom is 0.248 e. The largest absolute Gasteiger partial charge is 0.248 e. The summed E-state index contributed by atoms with van der Waals surface area (Å²) < 4.78 is 41.7. The van der Waals surface area contributed by atoms with E-state index in [4.69, 9.17) is 0 Å². The van der Waals surface area contributed by atoms with E-state index in [0.717, 1.165) is 5.57 Å². The van der Waals surface area contributed by atoms with Crippen LogP contribution >= 0.6 is 0 Å². The van der Waals surface area contributed by atoms with Crippen molar-refractivity contribution in [3.05, 3.63) is 72.1 Å². The fourth-order valence-corrected chi connectivity index (χ4v) is 3.29. The third-order valence-corrected chi connectivity index (χ3v) is 4.42. The lowest BCUT2D eigenvalue weighted by atomic mass is 9.63. The number of allylic oxidation sites excluding steroid dienone is 5. The van der Waals surface area contributed by atoms with Crippen LogP contribution in [0.4, 0.5) is 13.2 Å². The molecule has 0 amide bonds. The fraction of sp³-hybridized carbons (Fsp3) is 0.368. The molecule has 1 aliphatic rings. The van der Waals surface area contributed by atoms with E-state index in [9.17, 15) is 13.2 Å². The minimum Gasteiger partial charge on any atom is -0.207 e. The van der Waals surface area contributed by atoms with E-state index in [0.29, 0.717) is 5.56 Å². The predicted molar refractivity (Wildman–Crippen MR) is 84.6 cm³/mol. The van der Waals surface area contributed by atoms with Gasteiger partial charge in [-0.1, -0.05) is 49.1 Å². The van der Waals surface area contributed by atoms with Gasteiger partial charge in [-0.05, 0) is 37.0 Å². The Balaban J connectivity index is 2.58. The van der Waals surface area contributed by atoms with E-state index in [2.05, 4.69) is 6.58 Å². The first kappa shape index (κ1) is 16.6. The SMILES string of the molecule is C=C/C=C(\C=C/C)C1(c2ccccc2F)CCC(F)(F)CC1. The molecule has 2 rings (SSSR count). The predicted octanol–water partition coefficient (Wildman–Crippen LogP) is 5.96. The van der Waals surface area contributed by atoms with E-state index >= 15 is 0 Å². The lowest BCUT2D eigenvalue weighted by Gasteiger charge is -2.42. The highest BCUT2D eigenvalue weighted by molar-refractivity contribution is 5.44. The van der Waals surface area contributed by atoms with E-state index < -0.39 is 11.3 Å². The molecule has 1 aromatic rings. The van der Waals surface area contributed by atoms with Gasteiger partial charge < -0.3 is 0 Å². The van der Waals surface area contributed by atoms with Crippen LogP contribution in [0.2, 0.25) is 0 Å². The highest BCUT2D eigenvalue weighted by Gasteiger charge is 2.46. The van der Waals surface area contributed by atoms with Gasteiger partial charge in [-0.25, -0.2) is 13.2 Å². The second-order valence-electron chi connectivity index (χ2n) is 5.78. The van der Waals surface area contributed by atoms with E-state index in [-0.39, 0.29) is 31.5 Å². The monoisotopic (exact) mass is 306 g/mol. The van der Waals surface area contributed by atoms with Crippen molar-refractivity contribution in [2.75, 3.05) is 0 Å². The molecule has 1 fully saturated rings. The topological polar surface area (TPSA) is 0 Å². The Morgan fingerprint density at radius 3 is 2.32 bits per heavy atom. The van der Waals surface area contributed by atoms with Crippen molar-refractivity contribution in [1.29, 1.82) is 0 Å². The van der Waals surface area contributed by atoms with Gasteiger partial charge in [-0.3, -0.25) is 0 Å². The Morgan fingerprint density at radius 2 is 1.77 bits per heavy atom. The first-order valence-corrected chi connectivity index (χ1v) is 7.54. The van der Waals surface area contributed by atoms with Crippen molar-refractivity contribution in [3.8, 4) is 0 Å². The summed E-state index contributed by atoms with van der Waals surface area (Å²) in [6, 6.07) is 6.48. The third kappa shape index (κ3) is 3.18. The van der Waals surface area contributed by atoms with Crippen LogP contribution in [-0.2, 0) is 5.41 Å². The molecule has 0 atom stereocenters. The second-order valence-corrected chi connectivity index (χ2v) is 5.78. The van der Waals surface area contributed by atoms with Crippen molar-refractivity contribution in [1.82, 2.24) is 0 Å². The van der Waals surface area contributed by atoms with Crippen molar-refractivity contribution in [2.45, 2.75) is 43.9 Å². The van der Waals surface area contributed by atoms with Crippen molar-refractivity contribution in [2.24, 2.45) is 0 Å². The highest BCUT2D eigenvalue weighted by Crippen LogP contribution is 2.50. The summed E-state index contributed by atoms with van der Waals surface area (Å²) in [5.41, 5.74) is 0.621. The molecule has 1 aliphatic carbocycles. The van der Waals surface area contributed by atoms with Crippen molar-refractivity contribution in [3.63, 3.8) is 0 Å². The molecule has 118 valence electrons. The van der Waals surface area contributed by atoms with Gasteiger partial charge >= 0.3 is 0 Å². The maximum absolute atomic E-state index is 14.4. The van der Waals surface area contributed by atoms with Gasteiger partial charge in [0.25, 0.3) is 0 Å². The molecule has 0 N–H and O–H groups in total. The summed E-state index contributed by atoms with van der Waals surface area (Å²) in [4.78, 5) is 0. The molecule has 3 heteroatoms. The van der Waals surface area contributed by atoms with E-state index in [1.807, 2.05) is 19.1 Å². The maximum atomic E-state index is 14.4. The van der Waals surface area contributed by atoms with Gasteiger partial charge in [0.15, 0.2) is 0 Å². The average molecular weight is 306 g/mol. The van der Waals surface area contributed by atoms with Crippen molar-refractivity contribution >= 4 is 0 Å². The van der Waals surface area contributed by atoms with Crippen LogP contribution in [0.1, 0.15) is 38.2 Å². The summed E-state index contributed by atoms with van der Waals surface area (Å²) in [6.45, 7) is 5.57. The van der Waals surface area contributed by atoms with Crippen LogP contribution in [-0.4, -0.2) is 5.92 Å². The average Bonchev–Trinajstić information content (AvgIpc) is 2.49. The standard InChI is InChI=1S/C19H21F3/c1-3-7-15(8-4-2)18(11-13-19(21,22)14-12-18)16-9-5-6-10-17(16)20/h3-10H,1,11-14H2,2H3/b8-4-,15-7+. The minimum absolute atomic E-state index is 0.227. The van der Waals surface area contributed by atoms with Gasteiger partial charge in [0.2, 0.25) is 5.92 Å². The molecular formula is C19H21F3. The lowest BCUT2D eigenvalue weighted by molar-refractivity contribution is -0.0474. The molecule has 0 saturated heterocycles. The van der Waals surface area contributed by atoms with Gasteiger partial charge in [-0.15, -0.1) is 0 Å². The number of hydrogen-bond acceptors (Lipinski definition) is 0. The molecule has 0 bridgehead atoms. The molecule has 0 aromatic heterocycles. The highest BCUT2D eigenvalue weighted by atomic mass is 19.3. The molecule has 0 heterocycles. The summed E-state index contributed by atoms with van der Waals surface area (Å²) in [5, 5.41) is 0. The second kappa shape index (κ2) is 6.55. The molecular weight excluding hydrogens is 285 g/mol. The van der Waals surface area contributed by atoms with Crippen molar-refractivity contribution < 1.29 is 13.2 Å². The lowest BCUT2D eigenvalue weighted by Crippen LogP contribution is -2.38. The zero-order chi connectivity index (χ0) is 16.2. The Labute approximate surface area is 130 Å². The summed E-state index contributed by atoms with van der Waals surface area (Å²) in [6.07, 6.45) is 7.15. The molecule has 1 aromatic carbocycles. The molecule has 0 nitrogen and oxygen atoms in total. The van der Waals surface area contributed by atoms with Gasteiger partial charge in [0.1, 0.15) is 5.82 Å². The number of halogens is 3. The Hall–Kier alpha value is -1.77. The Bertz CT molecular complexity index is 586. The summed E-state index contributed by atoms with van der Waals surface area (Å²) in [7, 11) is 0. The Morgan fingerprint density at radius 1 is 1.14 bits per heavy atom. The van der Waals surface area contributed by atoms with Gasteiger partial charge in [0, 0.05) is 18.3 Å². The molecule has 0 radical (unpaired) electrons. The minimum atomic E-state index is -2.66. The third-order valence-electron chi connectivity index (χ3n) is 4.42. The normalized spacial score (nSPS) is 21.0. The van der Waals surface area contributed by atoms with E-state index in [1.165, 1.54) is 6.07 Å². The quantitative estimate of drug-likeness (QED) is 0.602. The zero-order valence-corrected chi connectivity index (χ0v) is 12.8. The number of rotatable bonds is 4. The fourth-order valence-electron chi connectivity index (χ4n) is 3.29. The molecule has 0 unspecified atom stereocenters. The van der Waals surface area contributed by atoms with Crippen LogP contribution in [0.3, 0.4) is 0 Å². The molecule has 0 spiro atoms. The first-order valence-electron chi connectivity index (χ1n) is 7.54. The smallest absolute Gasteiger partial charge is 0.207 e.